The smallest absolute Gasteiger partial charge is 0.338 e. The van der Waals surface area contributed by atoms with Crippen molar-refractivity contribution in [1.29, 1.82) is 0 Å². The number of nitrogens with one attached hydrogen (secondary N) is 1. The van der Waals surface area contributed by atoms with Crippen molar-refractivity contribution >= 4 is 17.7 Å². The predicted molar refractivity (Wildman–Crippen MR) is 67.2 cm³/mol. The van der Waals surface area contributed by atoms with Crippen LogP contribution in [0, 0.1) is 5.82 Å². The van der Waals surface area contributed by atoms with Crippen LogP contribution in [0.2, 0.25) is 0 Å². The van der Waals surface area contributed by atoms with Crippen molar-refractivity contribution in [1.82, 2.24) is 10.3 Å². The molecule has 0 aromatic carbocycles. The lowest BCUT2D eigenvalue weighted by Gasteiger charge is -2.35. The van der Waals surface area contributed by atoms with Gasteiger partial charge in [0.25, 0.3) is 0 Å². The fraction of sp³-hybridized carbons (Fsp3) is 0.417. The van der Waals surface area contributed by atoms with Crippen molar-refractivity contribution in [3.63, 3.8) is 0 Å². The maximum Gasteiger partial charge on any atom is 0.338 e. The van der Waals surface area contributed by atoms with E-state index in [2.05, 4.69) is 10.3 Å². The fourth-order valence-corrected chi connectivity index (χ4v) is 2.04. The second kappa shape index (κ2) is 5.83. The number of likely N-dealkylation sites (N-methyl/N-ethyl adjacent to an activating group) is 1. The van der Waals surface area contributed by atoms with Gasteiger partial charge in [-0.05, 0) is 6.07 Å². The summed E-state index contributed by atoms with van der Waals surface area (Å²) >= 11 is 0. The van der Waals surface area contributed by atoms with Crippen molar-refractivity contribution in [2.45, 2.75) is 6.04 Å². The Morgan fingerprint density at radius 3 is 3.00 bits per heavy atom. The van der Waals surface area contributed by atoms with Gasteiger partial charge in [-0.2, -0.15) is 0 Å². The van der Waals surface area contributed by atoms with E-state index in [1.54, 1.807) is 0 Å². The lowest BCUT2D eigenvalue weighted by molar-refractivity contribution is -0.124. The van der Waals surface area contributed by atoms with Gasteiger partial charge in [-0.15, -0.1) is 0 Å². The van der Waals surface area contributed by atoms with Crippen LogP contribution in [0.25, 0.3) is 0 Å². The van der Waals surface area contributed by atoms with Crippen LogP contribution in [0.15, 0.2) is 12.3 Å². The van der Waals surface area contributed by atoms with E-state index in [1.165, 1.54) is 18.1 Å². The van der Waals surface area contributed by atoms with Crippen LogP contribution < -0.4 is 10.2 Å². The largest absolute Gasteiger partial charge is 0.478 e. The molecule has 2 heterocycles. The molecule has 2 rings (SSSR count). The highest BCUT2D eigenvalue weighted by molar-refractivity contribution is 5.90. The van der Waals surface area contributed by atoms with Crippen LogP contribution in [0.5, 0.6) is 0 Å². The Bertz CT molecular complexity index is 537. The zero-order valence-electron chi connectivity index (χ0n) is 10.8. The normalized spacial score (nSPS) is 18.7. The van der Waals surface area contributed by atoms with Crippen molar-refractivity contribution in [2.75, 3.05) is 31.7 Å². The van der Waals surface area contributed by atoms with Gasteiger partial charge in [0, 0.05) is 19.8 Å². The van der Waals surface area contributed by atoms with Crippen LogP contribution in [-0.4, -0.2) is 54.8 Å². The van der Waals surface area contributed by atoms with E-state index in [0.29, 0.717) is 6.61 Å². The molecule has 0 spiro atoms. The third-order valence-electron chi connectivity index (χ3n) is 3.05. The number of morpholine rings is 1. The number of carboxylic acids is 1. The Kier molecular flexibility index (Phi) is 4.14. The molecule has 8 heteroatoms. The zero-order chi connectivity index (χ0) is 14.7. The first-order valence-corrected chi connectivity index (χ1v) is 6.00. The Hall–Kier alpha value is -2.22. The molecule has 1 amide bonds. The molecule has 108 valence electrons. The van der Waals surface area contributed by atoms with Crippen LogP contribution in [0.3, 0.4) is 0 Å². The maximum atomic E-state index is 14.2. The SMILES string of the molecule is CNC(=O)C1COCCN1c1nccc(C(=O)O)c1F. The highest BCUT2D eigenvalue weighted by Crippen LogP contribution is 2.23. The van der Waals surface area contributed by atoms with E-state index in [9.17, 15) is 14.0 Å². The van der Waals surface area contributed by atoms with E-state index >= 15 is 0 Å². The standard InChI is InChI=1S/C12H14FN3O4/c1-14-11(17)8-6-20-5-4-16(8)10-9(13)7(12(18)19)2-3-15-10/h2-3,8H,4-6H2,1H3,(H,14,17)(H,18,19). The minimum atomic E-state index is -1.38. The van der Waals surface area contributed by atoms with Gasteiger partial charge in [-0.3, -0.25) is 4.79 Å². The number of nitrogens with zero attached hydrogens (tertiary/aromatic N) is 2. The molecule has 2 N–H and O–H groups in total. The van der Waals surface area contributed by atoms with Crippen LogP contribution >= 0.6 is 0 Å². The monoisotopic (exact) mass is 283 g/mol. The minimum absolute atomic E-state index is 0.0953. The Morgan fingerprint density at radius 2 is 2.35 bits per heavy atom. The summed E-state index contributed by atoms with van der Waals surface area (Å²) in [5, 5.41) is 11.4. The quantitative estimate of drug-likeness (QED) is 0.803. The Balaban J connectivity index is 2.40. The lowest BCUT2D eigenvalue weighted by Crippen LogP contribution is -2.54. The minimum Gasteiger partial charge on any atom is -0.478 e. The number of pyridine rings is 1. The predicted octanol–water partition coefficient (Wildman–Crippen LogP) is -0.130. The molecule has 1 unspecified atom stereocenters. The van der Waals surface area contributed by atoms with E-state index in [1.807, 2.05) is 0 Å². The Labute approximate surface area is 114 Å². The van der Waals surface area contributed by atoms with Crippen molar-refractivity contribution in [3.8, 4) is 0 Å². The number of rotatable bonds is 3. The molecule has 0 bridgehead atoms. The third kappa shape index (κ3) is 2.55. The van der Waals surface area contributed by atoms with Gasteiger partial charge >= 0.3 is 5.97 Å². The average molecular weight is 283 g/mol. The molecule has 1 atom stereocenters. The molecule has 1 aliphatic heterocycles. The number of aromatic carboxylic acids is 1. The highest BCUT2D eigenvalue weighted by atomic mass is 19.1. The number of hydrogen-bond acceptors (Lipinski definition) is 5. The highest BCUT2D eigenvalue weighted by Gasteiger charge is 2.32. The molecule has 7 nitrogen and oxygen atoms in total. The summed E-state index contributed by atoms with van der Waals surface area (Å²) in [5.74, 6) is -2.82. The first kappa shape index (κ1) is 14.2. The first-order valence-electron chi connectivity index (χ1n) is 6.00. The molecule has 0 aliphatic carbocycles. The van der Waals surface area contributed by atoms with Crippen molar-refractivity contribution < 1.29 is 23.8 Å². The number of aromatic nitrogens is 1. The summed E-state index contributed by atoms with van der Waals surface area (Å²) in [6.45, 7) is 0.662. The molecular weight excluding hydrogens is 269 g/mol. The van der Waals surface area contributed by atoms with Crippen molar-refractivity contribution in [3.05, 3.63) is 23.6 Å². The number of amides is 1. The van der Waals surface area contributed by atoms with Crippen molar-refractivity contribution in [2.24, 2.45) is 0 Å². The molecule has 20 heavy (non-hydrogen) atoms. The molecule has 1 saturated heterocycles. The van der Waals surface area contributed by atoms with Gasteiger partial charge in [0.05, 0.1) is 13.2 Å². The molecule has 1 aromatic rings. The van der Waals surface area contributed by atoms with Gasteiger partial charge in [-0.25, -0.2) is 14.2 Å². The van der Waals surface area contributed by atoms with Gasteiger partial charge in [0.2, 0.25) is 5.91 Å². The molecular formula is C12H14FN3O4. The zero-order valence-corrected chi connectivity index (χ0v) is 10.8. The maximum absolute atomic E-state index is 14.2. The van der Waals surface area contributed by atoms with Crippen LogP contribution in [-0.2, 0) is 9.53 Å². The van der Waals surface area contributed by atoms with Gasteiger partial charge < -0.3 is 20.1 Å². The fourth-order valence-electron chi connectivity index (χ4n) is 2.04. The number of carbonyl (C=O) groups is 2. The van der Waals surface area contributed by atoms with Crippen LogP contribution in [0.1, 0.15) is 10.4 Å². The van der Waals surface area contributed by atoms with E-state index in [-0.39, 0.29) is 24.9 Å². The number of carboxylic acid groups (broad SMARTS) is 1. The van der Waals surface area contributed by atoms with Gasteiger partial charge in [-0.1, -0.05) is 0 Å². The summed E-state index contributed by atoms with van der Waals surface area (Å²) in [4.78, 5) is 28.0. The molecule has 0 saturated carbocycles. The summed E-state index contributed by atoms with van der Waals surface area (Å²) in [6, 6.07) is 0.344. The average Bonchev–Trinajstić information content (AvgIpc) is 2.46. The number of ether oxygens (including phenoxy) is 1. The van der Waals surface area contributed by atoms with E-state index in [4.69, 9.17) is 9.84 Å². The van der Waals surface area contributed by atoms with E-state index in [0.717, 1.165) is 6.07 Å². The van der Waals surface area contributed by atoms with E-state index < -0.39 is 23.4 Å². The third-order valence-corrected chi connectivity index (χ3v) is 3.05. The number of anilines is 1. The molecule has 1 aromatic heterocycles. The molecule has 0 radical (unpaired) electrons. The summed E-state index contributed by atoms with van der Waals surface area (Å²) in [5.41, 5.74) is -0.475. The molecule has 1 aliphatic rings. The van der Waals surface area contributed by atoms with Gasteiger partial charge in [0.1, 0.15) is 11.6 Å². The number of carbonyl (C=O) groups excluding carboxylic acids is 1. The topological polar surface area (TPSA) is 91.8 Å². The summed E-state index contributed by atoms with van der Waals surface area (Å²) in [7, 11) is 1.46. The Morgan fingerprint density at radius 1 is 1.60 bits per heavy atom. The second-order valence-corrected chi connectivity index (χ2v) is 4.20. The van der Waals surface area contributed by atoms with Crippen LogP contribution in [0.4, 0.5) is 10.2 Å². The number of hydrogen-bond donors (Lipinski definition) is 2. The van der Waals surface area contributed by atoms with Gasteiger partial charge in [0.15, 0.2) is 11.6 Å². The lowest BCUT2D eigenvalue weighted by atomic mass is 10.1. The molecule has 1 fully saturated rings. The first-order chi connectivity index (χ1) is 9.56. The second-order valence-electron chi connectivity index (χ2n) is 4.20. The number of halogens is 1. The summed E-state index contributed by atoms with van der Waals surface area (Å²) < 4.78 is 19.4. The summed E-state index contributed by atoms with van der Waals surface area (Å²) in [6.07, 6.45) is 1.21.